The minimum absolute atomic E-state index is 0.0969. The van der Waals surface area contributed by atoms with E-state index in [1.165, 1.54) is 6.07 Å². The maximum absolute atomic E-state index is 12.4. The second kappa shape index (κ2) is 7.45. The Labute approximate surface area is 144 Å². The third-order valence-corrected chi connectivity index (χ3v) is 4.07. The fourth-order valence-corrected chi connectivity index (χ4v) is 2.86. The van der Waals surface area contributed by atoms with Gasteiger partial charge in [0.15, 0.2) is 0 Å². The molecule has 5 nitrogen and oxygen atoms in total. The fraction of sp³-hybridized carbons (Fsp3) is 0.333. The van der Waals surface area contributed by atoms with Crippen LogP contribution in [-0.2, 0) is 4.74 Å². The molecule has 0 aliphatic carbocycles. The summed E-state index contributed by atoms with van der Waals surface area (Å²) in [6, 6.07) is 10.5. The van der Waals surface area contributed by atoms with Gasteiger partial charge in [0.05, 0.1) is 12.2 Å². The van der Waals surface area contributed by atoms with Gasteiger partial charge in [0.1, 0.15) is 23.7 Å². The van der Waals surface area contributed by atoms with E-state index in [9.17, 15) is 14.0 Å². The van der Waals surface area contributed by atoms with E-state index in [4.69, 9.17) is 4.74 Å². The Morgan fingerprint density at radius 2 is 2.24 bits per heavy atom. The molecular formula is C18H17F2N3O2. The van der Waals surface area contributed by atoms with Crippen molar-refractivity contribution in [1.29, 1.82) is 5.26 Å². The van der Waals surface area contributed by atoms with Gasteiger partial charge in [0, 0.05) is 19.3 Å². The Balaban J connectivity index is 1.83. The van der Waals surface area contributed by atoms with Crippen LogP contribution < -0.4 is 9.64 Å². The molecule has 0 spiro atoms. The molecule has 0 bridgehead atoms. The zero-order valence-electron chi connectivity index (χ0n) is 13.7. The van der Waals surface area contributed by atoms with E-state index in [-0.39, 0.29) is 11.9 Å². The average molecular weight is 345 g/mol. The fourth-order valence-electron chi connectivity index (χ4n) is 2.86. The molecule has 0 amide bonds. The molecule has 3 rings (SSSR count). The van der Waals surface area contributed by atoms with Gasteiger partial charge in [0.25, 0.3) is 0 Å². The molecule has 25 heavy (non-hydrogen) atoms. The first-order valence-electron chi connectivity index (χ1n) is 7.85. The summed E-state index contributed by atoms with van der Waals surface area (Å²) in [4.78, 5) is 6.33. The van der Waals surface area contributed by atoms with Gasteiger partial charge >= 0.3 is 6.61 Å². The van der Waals surface area contributed by atoms with Gasteiger partial charge in [-0.05, 0) is 36.2 Å². The standard InChI is InChI=1S/C18H17F2N3O2/c1-12-5-6-22-17(15(12)10-21)23-7-8-24-16(11-23)13-3-2-4-14(9-13)25-18(19)20/h2-6,9,16,18H,7-8,11H2,1H3/t16-/m1/s1. The predicted molar refractivity (Wildman–Crippen MR) is 87.7 cm³/mol. The Kier molecular flexibility index (Phi) is 5.10. The van der Waals surface area contributed by atoms with Crippen molar-refractivity contribution in [2.75, 3.05) is 24.6 Å². The summed E-state index contributed by atoms with van der Waals surface area (Å²) in [5, 5.41) is 9.40. The monoisotopic (exact) mass is 345 g/mol. The topological polar surface area (TPSA) is 58.4 Å². The molecule has 1 aromatic heterocycles. The Bertz CT molecular complexity index is 792. The summed E-state index contributed by atoms with van der Waals surface area (Å²) in [6.45, 7) is 0.532. The van der Waals surface area contributed by atoms with Crippen LogP contribution in [0.15, 0.2) is 36.5 Å². The van der Waals surface area contributed by atoms with Crippen molar-refractivity contribution in [3.63, 3.8) is 0 Å². The largest absolute Gasteiger partial charge is 0.435 e. The number of aryl methyl sites for hydroxylation is 1. The van der Waals surface area contributed by atoms with Crippen molar-refractivity contribution in [2.24, 2.45) is 0 Å². The molecular weight excluding hydrogens is 328 g/mol. The Hall–Kier alpha value is -2.72. The van der Waals surface area contributed by atoms with E-state index in [0.717, 1.165) is 11.1 Å². The van der Waals surface area contributed by atoms with Crippen molar-refractivity contribution >= 4 is 5.82 Å². The lowest BCUT2D eigenvalue weighted by Crippen LogP contribution is -2.39. The van der Waals surface area contributed by atoms with Gasteiger partial charge in [-0.3, -0.25) is 0 Å². The van der Waals surface area contributed by atoms with Crippen molar-refractivity contribution in [3.05, 3.63) is 53.2 Å². The number of halogens is 2. The van der Waals surface area contributed by atoms with Gasteiger partial charge in [-0.2, -0.15) is 14.0 Å². The highest BCUT2D eigenvalue weighted by molar-refractivity contribution is 5.57. The highest BCUT2D eigenvalue weighted by atomic mass is 19.3. The van der Waals surface area contributed by atoms with E-state index < -0.39 is 6.61 Å². The summed E-state index contributed by atoms with van der Waals surface area (Å²) in [7, 11) is 0. The maximum Gasteiger partial charge on any atom is 0.387 e. The van der Waals surface area contributed by atoms with Gasteiger partial charge < -0.3 is 14.4 Å². The van der Waals surface area contributed by atoms with E-state index in [0.29, 0.717) is 31.1 Å². The third kappa shape index (κ3) is 3.86. The maximum atomic E-state index is 12.4. The zero-order chi connectivity index (χ0) is 17.8. The van der Waals surface area contributed by atoms with Crippen LogP contribution in [0.5, 0.6) is 5.75 Å². The molecule has 1 saturated heterocycles. The number of benzene rings is 1. The molecule has 1 aromatic carbocycles. The summed E-state index contributed by atoms with van der Waals surface area (Å²) in [5.41, 5.74) is 2.15. The number of rotatable bonds is 4. The molecule has 7 heteroatoms. The number of nitriles is 1. The van der Waals surface area contributed by atoms with Crippen LogP contribution in [0.4, 0.5) is 14.6 Å². The summed E-state index contributed by atoms with van der Waals surface area (Å²) < 4.78 is 35.0. The van der Waals surface area contributed by atoms with Crippen LogP contribution in [0.2, 0.25) is 0 Å². The number of hydrogen-bond acceptors (Lipinski definition) is 5. The molecule has 0 radical (unpaired) electrons. The van der Waals surface area contributed by atoms with Crippen LogP contribution in [0.25, 0.3) is 0 Å². The lowest BCUT2D eigenvalue weighted by molar-refractivity contribution is -0.0501. The second-order valence-electron chi connectivity index (χ2n) is 5.69. The third-order valence-electron chi connectivity index (χ3n) is 4.07. The number of anilines is 1. The number of alkyl halides is 2. The molecule has 1 fully saturated rings. The van der Waals surface area contributed by atoms with Gasteiger partial charge in [-0.25, -0.2) is 4.98 Å². The summed E-state index contributed by atoms with van der Waals surface area (Å²) in [6.07, 6.45) is 1.36. The highest BCUT2D eigenvalue weighted by Crippen LogP contribution is 2.29. The van der Waals surface area contributed by atoms with Crippen molar-refractivity contribution in [1.82, 2.24) is 4.98 Å². The van der Waals surface area contributed by atoms with Crippen LogP contribution in [0.3, 0.4) is 0 Å². The Morgan fingerprint density at radius 3 is 3.00 bits per heavy atom. The zero-order valence-corrected chi connectivity index (χ0v) is 13.7. The first kappa shape index (κ1) is 17.1. The quantitative estimate of drug-likeness (QED) is 0.850. The molecule has 0 saturated carbocycles. The first-order chi connectivity index (χ1) is 12.1. The number of nitrogens with zero attached hydrogens (tertiary/aromatic N) is 3. The van der Waals surface area contributed by atoms with Crippen LogP contribution in [0, 0.1) is 18.3 Å². The minimum Gasteiger partial charge on any atom is -0.435 e. The molecule has 2 heterocycles. The SMILES string of the molecule is Cc1ccnc(N2CCO[C@@H](c3cccc(OC(F)F)c3)C2)c1C#N. The number of morpholine rings is 1. The molecule has 1 aliphatic heterocycles. The predicted octanol–water partition coefficient (Wildman–Crippen LogP) is 3.44. The number of ether oxygens (including phenoxy) is 2. The molecule has 2 aromatic rings. The smallest absolute Gasteiger partial charge is 0.387 e. The summed E-state index contributed by atoms with van der Waals surface area (Å²) in [5.74, 6) is 0.718. The van der Waals surface area contributed by atoms with Gasteiger partial charge in [0.2, 0.25) is 0 Å². The number of pyridine rings is 1. The van der Waals surface area contributed by atoms with E-state index in [1.807, 2.05) is 11.8 Å². The second-order valence-corrected chi connectivity index (χ2v) is 5.69. The normalized spacial score (nSPS) is 17.4. The van der Waals surface area contributed by atoms with Crippen molar-refractivity contribution < 1.29 is 18.3 Å². The summed E-state index contributed by atoms with van der Waals surface area (Å²) >= 11 is 0. The van der Waals surface area contributed by atoms with Gasteiger partial charge in [-0.1, -0.05) is 12.1 Å². The van der Waals surface area contributed by atoms with E-state index >= 15 is 0 Å². The van der Waals surface area contributed by atoms with Crippen molar-refractivity contribution in [3.8, 4) is 11.8 Å². The van der Waals surface area contributed by atoms with E-state index in [1.54, 1.807) is 30.5 Å². The highest BCUT2D eigenvalue weighted by Gasteiger charge is 2.25. The average Bonchev–Trinajstić information content (AvgIpc) is 2.61. The molecule has 0 N–H and O–H groups in total. The lowest BCUT2D eigenvalue weighted by atomic mass is 10.1. The molecule has 1 aliphatic rings. The molecule has 130 valence electrons. The lowest BCUT2D eigenvalue weighted by Gasteiger charge is -2.34. The van der Waals surface area contributed by atoms with Crippen LogP contribution in [0.1, 0.15) is 22.8 Å². The van der Waals surface area contributed by atoms with Crippen molar-refractivity contribution in [2.45, 2.75) is 19.6 Å². The van der Waals surface area contributed by atoms with Crippen LogP contribution in [-0.4, -0.2) is 31.3 Å². The number of aromatic nitrogens is 1. The van der Waals surface area contributed by atoms with Gasteiger partial charge in [-0.15, -0.1) is 0 Å². The first-order valence-corrected chi connectivity index (χ1v) is 7.85. The Morgan fingerprint density at radius 1 is 1.40 bits per heavy atom. The van der Waals surface area contributed by atoms with E-state index in [2.05, 4.69) is 15.8 Å². The number of hydrogen-bond donors (Lipinski definition) is 0. The molecule has 1 atom stereocenters. The minimum atomic E-state index is -2.87. The van der Waals surface area contributed by atoms with Crippen LogP contribution >= 0.6 is 0 Å². The molecule has 0 unspecified atom stereocenters.